The van der Waals surface area contributed by atoms with Crippen LogP contribution < -0.4 is 5.32 Å². The molecule has 0 spiro atoms. The highest BCUT2D eigenvalue weighted by molar-refractivity contribution is 6.30. The summed E-state index contributed by atoms with van der Waals surface area (Å²) in [5, 5.41) is 7.60. The van der Waals surface area contributed by atoms with Crippen LogP contribution in [0.4, 0.5) is 4.79 Å². The lowest BCUT2D eigenvalue weighted by atomic mass is 9.93. The number of aliphatic imine (C=N–C) groups is 1. The molecule has 0 aliphatic carbocycles. The number of benzene rings is 2. The molecule has 1 aliphatic rings. The minimum atomic E-state index is -0.746. The zero-order chi connectivity index (χ0) is 21.7. The SMILES string of the molecule is CC.CCOC(=O)NC1N=C(c2ccc(Cl)cc2)c2ccccc2-c2c1noc2C. The lowest BCUT2D eigenvalue weighted by Crippen LogP contribution is -2.29. The molecule has 1 aromatic heterocycles. The molecular formula is C23H24ClN3O3. The summed E-state index contributed by atoms with van der Waals surface area (Å²) >= 11 is 6.06. The van der Waals surface area contributed by atoms with Gasteiger partial charge in [0.2, 0.25) is 0 Å². The zero-order valence-electron chi connectivity index (χ0n) is 17.4. The van der Waals surface area contributed by atoms with Crippen LogP contribution in [0.25, 0.3) is 11.1 Å². The van der Waals surface area contributed by atoms with E-state index in [1.54, 1.807) is 6.92 Å². The quantitative estimate of drug-likeness (QED) is 0.564. The standard InChI is InChI=1S/C21H18ClN3O3.C2H6/c1-3-27-21(26)24-20-19-17(12(2)28-25-19)15-6-4-5-7-16(15)18(23-20)13-8-10-14(22)11-9-13;1-2/h4-11,20H,3H2,1-2H3,(H,24,26);1-2H3. The number of halogens is 1. The molecule has 0 bridgehead atoms. The Kier molecular flexibility index (Phi) is 6.90. The molecule has 156 valence electrons. The first-order valence-corrected chi connectivity index (χ1v) is 10.3. The predicted octanol–water partition coefficient (Wildman–Crippen LogP) is 5.93. The normalized spacial score (nSPS) is 14.3. The minimum absolute atomic E-state index is 0.261. The molecule has 2 aromatic carbocycles. The van der Waals surface area contributed by atoms with Gasteiger partial charge in [-0.1, -0.05) is 67.0 Å². The Labute approximate surface area is 180 Å². The van der Waals surface area contributed by atoms with Gasteiger partial charge in [-0.25, -0.2) is 4.79 Å². The number of amides is 1. The van der Waals surface area contributed by atoms with E-state index in [9.17, 15) is 4.79 Å². The fourth-order valence-corrected chi connectivity index (χ4v) is 3.42. The molecule has 7 heteroatoms. The topological polar surface area (TPSA) is 76.7 Å². The lowest BCUT2D eigenvalue weighted by molar-refractivity contribution is 0.148. The van der Waals surface area contributed by atoms with Crippen molar-refractivity contribution in [2.45, 2.75) is 33.9 Å². The van der Waals surface area contributed by atoms with E-state index in [1.807, 2.05) is 69.3 Å². The average Bonchev–Trinajstić information content (AvgIpc) is 3.08. The number of carbonyl (C=O) groups excluding carboxylic acids is 1. The van der Waals surface area contributed by atoms with Gasteiger partial charge in [0.15, 0.2) is 6.17 Å². The van der Waals surface area contributed by atoms with Crippen LogP contribution in [0.15, 0.2) is 58.0 Å². The minimum Gasteiger partial charge on any atom is -0.450 e. The van der Waals surface area contributed by atoms with Crippen LogP contribution in [0.1, 0.15) is 49.5 Å². The Morgan fingerprint density at radius 2 is 1.80 bits per heavy atom. The van der Waals surface area contributed by atoms with E-state index < -0.39 is 12.3 Å². The van der Waals surface area contributed by atoms with Gasteiger partial charge in [-0.2, -0.15) is 0 Å². The molecule has 0 saturated heterocycles. The van der Waals surface area contributed by atoms with Gasteiger partial charge in [0, 0.05) is 16.1 Å². The van der Waals surface area contributed by atoms with Gasteiger partial charge < -0.3 is 9.26 Å². The highest BCUT2D eigenvalue weighted by Crippen LogP contribution is 2.38. The van der Waals surface area contributed by atoms with Crippen LogP contribution in [0.5, 0.6) is 0 Å². The van der Waals surface area contributed by atoms with Gasteiger partial charge >= 0.3 is 6.09 Å². The van der Waals surface area contributed by atoms with E-state index in [1.165, 1.54) is 0 Å². The van der Waals surface area contributed by atoms with Crippen molar-refractivity contribution in [1.29, 1.82) is 0 Å². The van der Waals surface area contributed by atoms with Crippen molar-refractivity contribution < 1.29 is 14.1 Å². The number of hydrogen-bond donors (Lipinski definition) is 1. The fourth-order valence-electron chi connectivity index (χ4n) is 3.29. The summed E-state index contributed by atoms with van der Waals surface area (Å²) in [7, 11) is 0. The number of nitrogens with one attached hydrogen (secondary N) is 1. The van der Waals surface area contributed by atoms with Crippen LogP contribution in [0.3, 0.4) is 0 Å². The van der Waals surface area contributed by atoms with Crippen LogP contribution in [0, 0.1) is 6.92 Å². The number of alkyl carbamates (subject to hydrolysis) is 1. The van der Waals surface area contributed by atoms with Crippen LogP contribution in [-0.4, -0.2) is 23.6 Å². The average molecular weight is 426 g/mol. The maximum absolute atomic E-state index is 12.1. The van der Waals surface area contributed by atoms with Crippen LogP contribution in [-0.2, 0) is 4.74 Å². The molecule has 1 amide bonds. The molecule has 1 unspecified atom stereocenters. The molecule has 2 heterocycles. The van der Waals surface area contributed by atoms with Crippen molar-refractivity contribution in [2.24, 2.45) is 4.99 Å². The molecule has 0 saturated carbocycles. The van der Waals surface area contributed by atoms with Crippen molar-refractivity contribution in [3.8, 4) is 11.1 Å². The summed E-state index contributed by atoms with van der Waals surface area (Å²) in [5.41, 5.74) is 4.84. The van der Waals surface area contributed by atoms with E-state index >= 15 is 0 Å². The Hall–Kier alpha value is -3.12. The van der Waals surface area contributed by atoms with Crippen LogP contribution >= 0.6 is 11.6 Å². The number of fused-ring (bicyclic) bond motifs is 3. The number of aryl methyl sites for hydroxylation is 1. The van der Waals surface area contributed by atoms with Gasteiger partial charge in [0.05, 0.1) is 17.9 Å². The lowest BCUT2D eigenvalue weighted by Gasteiger charge is -2.13. The number of nitrogens with zero attached hydrogens (tertiary/aromatic N) is 2. The van der Waals surface area contributed by atoms with E-state index in [4.69, 9.17) is 25.9 Å². The first kappa shape index (κ1) is 21.6. The summed E-state index contributed by atoms with van der Waals surface area (Å²) in [4.78, 5) is 17.0. The van der Waals surface area contributed by atoms with Gasteiger partial charge in [-0.3, -0.25) is 10.3 Å². The number of rotatable bonds is 3. The zero-order valence-corrected chi connectivity index (χ0v) is 18.2. The molecule has 0 radical (unpaired) electrons. The molecule has 0 fully saturated rings. The first-order valence-electron chi connectivity index (χ1n) is 9.91. The second-order valence-corrected chi connectivity index (χ2v) is 6.73. The molecule has 1 aliphatic heterocycles. The predicted molar refractivity (Wildman–Crippen MR) is 118 cm³/mol. The monoisotopic (exact) mass is 425 g/mol. The number of ether oxygens (including phenoxy) is 1. The van der Waals surface area contributed by atoms with E-state index in [0.29, 0.717) is 16.5 Å². The third-order valence-electron chi connectivity index (χ3n) is 4.51. The molecule has 4 rings (SSSR count). The van der Waals surface area contributed by atoms with Crippen LogP contribution in [0.2, 0.25) is 5.02 Å². The Bertz CT molecular complexity index is 1060. The smallest absolute Gasteiger partial charge is 0.409 e. The van der Waals surface area contributed by atoms with Gasteiger partial charge in [0.1, 0.15) is 11.5 Å². The fraction of sp³-hybridized carbons (Fsp3) is 0.261. The van der Waals surface area contributed by atoms with E-state index in [2.05, 4.69) is 10.5 Å². The number of aromatic nitrogens is 1. The van der Waals surface area contributed by atoms with Crippen molar-refractivity contribution in [1.82, 2.24) is 10.5 Å². The Morgan fingerprint density at radius 3 is 2.47 bits per heavy atom. The largest absolute Gasteiger partial charge is 0.450 e. The van der Waals surface area contributed by atoms with Crippen molar-refractivity contribution in [3.63, 3.8) is 0 Å². The summed E-state index contributed by atoms with van der Waals surface area (Å²) in [5.74, 6) is 0.658. The second kappa shape index (κ2) is 9.59. The molecule has 6 nitrogen and oxygen atoms in total. The second-order valence-electron chi connectivity index (χ2n) is 6.30. The van der Waals surface area contributed by atoms with Gasteiger partial charge in [-0.15, -0.1) is 0 Å². The van der Waals surface area contributed by atoms with Gasteiger partial charge in [0.25, 0.3) is 0 Å². The molecule has 30 heavy (non-hydrogen) atoms. The molecule has 1 atom stereocenters. The van der Waals surface area contributed by atoms with E-state index in [-0.39, 0.29) is 6.61 Å². The number of carbonyl (C=O) groups is 1. The maximum Gasteiger partial charge on any atom is 0.409 e. The number of hydrogen-bond acceptors (Lipinski definition) is 5. The Morgan fingerprint density at radius 1 is 1.13 bits per heavy atom. The highest BCUT2D eigenvalue weighted by atomic mass is 35.5. The third-order valence-corrected chi connectivity index (χ3v) is 4.76. The van der Waals surface area contributed by atoms with Crippen molar-refractivity contribution in [2.75, 3.05) is 6.61 Å². The third kappa shape index (κ3) is 4.24. The maximum atomic E-state index is 12.1. The Balaban J connectivity index is 0.00000124. The molecule has 1 N–H and O–H groups in total. The van der Waals surface area contributed by atoms with Crippen molar-refractivity contribution in [3.05, 3.63) is 76.1 Å². The van der Waals surface area contributed by atoms with Crippen molar-refractivity contribution >= 4 is 23.4 Å². The summed E-state index contributed by atoms with van der Waals surface area (Å²) < 4.78 is 10.5. The first-order chi connectivity index (χ1) is 14.6. The summed E-state index contributed by atoms with van der Waals surface area (Å²) in [6, 6.07) is 15.3. The highest BCUT2D eigenvalue weighted by Gasteiger charge is 2.30. The molecule has 3 aromatic rings. The summed E-state index contributed by atoms with van der Waals surface area (Å²) in [6.45, 7) is 7.85. The van der Waals surface area contributed by atoms with E-state index in [0.717, 1.165) is 28.0 Å². The van der Waals surface area contributed by atoms with Gasteiger partial charge in [-0.05, 0) is 31.5 Å². The summed E-state index contributed by atoms with van der Waals surface area (Å²) in [6.07, 6.45) is -1.31. The molecular weight excluding hydrogens is 402 g/mol.